The Bertz CT molecular complexity index is 2260. The summed E-state index contributed by atoms with van der Waals surface area (Å²) in [6.07, 6.45) is -0.732. The Labute approximate surface area is 338 Å². The largest absolute Gasteiger partial charge is 0.573 e. The minimum absolute atomic E-state index is 0.0813. The highest BCUT2D eigenvalue weighted by atomic mass is 19.4. The van der Waals surface area contributed by atoms with Crippen LogP contribution < -0.4 is 15.0 Å². The number of piperazine rings is 1. The Kier molecular flexibility index (Phi) is 10.7. The number of nitrogens with one attached hydrogen (secondary N) is 1. The van der Waals surface area contributed by atoms with Crippen molar-refractivity contribution < 1.29 is 46.6 Å². The fourth-order valence-corrected chi connectivity index (χ4v) is 9.13. The zero-order chi connectivity index (χ0) is 40.8. The Morgan fingerprint density at radius 1 is 0.746 bits per heavy atom. The van der Waals surface area contributed by atoms with Crippen LogP contribution in [-0.2, 0) is 32.2 Å². The zero-order valence-electron chi connectivity index (χ0n) is 32.4. The smallest absolute Gasteiger partial charge is 0.406 e. The lowest BCUT2D eigenvalue weighted by molar-refractivity contribution is -0.274. The van der Waals surface area contributed by atoms with Gasteiger partial charge in [-0.1, -0.05) is 18.2 Å². The highest BCUT2D eigenvalue weighted by Crippen LogP contribution is 2.35. The molecule has 1 N–H and O–H groups in total. The van der Waals surface area contributed by atoms with E-state index in [0.29, 0.717) is 31.2 Å². The van der Waals surface area contributed by atoms with Gasteiger partial charge in [-0.05, 0) is 91.9 Å². The van der Waals surface area contributed by atoms with E-state index in [9.17, 15) is 32.3 Å². The molecule has 4 saturated heterocycles. The van der Waals surface area contributed by atoms with Gasteiger partial charge in [0.1, 0.15) is 11.8 Å². The van der Waals surface area contributed by atoms with Crippen molar-refractivity contribution in [3.05, 3.63) is 83.6 Å². The lowest BCUT2D eigenvalue weighted by atomic mass is 9.95. The number of alkyl halides is 3. The maximum atomic E-state index is 13.4. The van der Waals surface area contributed by atoms with Gasteiger partial charge in [0.25, 0.3) is 11.8 Å². The van der Waals surface area contributed by atoms with E-state index in [1.807, 2.05) is 12.3 Å². The Morgan fingerprint density at radius 3 is 2.19 bits per heavy atom. The number of halogens is 3. The van der Waals surface area contributed by atoms with Crippen LogP contribution in [0.3, 0.4) is 0 Å². The molecule has 1 aromatic heterocycles. The van der Waals surface area contributed by atoms with Crippen LogP contribution in [0, 0.1) is 5.92 Å². The molecule has 0 aliphatic carbocycles. The number of nitrogens with zero attached hydrogens (tertiary/aromatic N) is 5. The molecule has 4 amide bonds. The summed E-state index contributed by atoms with van der Waals surface area (Å²) in [7, 11) is 0. The van der Waals surface area contributed by atoms with Crippen molar-refractivity contribution in [2.24, 2.45) is 5.92 Å². The standard InChI is InChI=1S/C43H45F3N6O7/c44-43(45,46)59-31-5-2-29(3-6-31)35-25-51(26-39-57-19-20-58-39)36-8-1-28(21-33(35)36)24-48-13-11-27(12-14-48)23-49-15-17-50(18-16-49)30-4-7-32-34(22-30)42(56)52(41(32)55)37-9-10-38(53)47-40(37)54/h1-8,21-22,25,27,37,39H,9-20,23-24,26H2,(H,47,53,54). The number of piperidine rings is 2. The third-order valence-corrected chi connectivity index (χ3v) is 12.2. The molecule has 5 aliphatic rings. The van der Waals surface area contributed by atoms with E-state index in [2.05, 4.69) is 47.5 Å². The Balaban J connectivity index is 0.792. The number of fused-ring (bicyclic) bond motifs is 2. The number of imide groups is 2. The molecule has 59 heavy (non-hydrogen) atoms. The van der Waals surface area contributed by atoms with Crippen LogP contribution in [0.15, 0.2) is 66.9 Å². The van der Waals surface area contributed by atoms with Crippen LogP contribution in [0.4, 0.5) is 18.9 Å². The molecule has 3 aromatic carbocycles. The first-order valence-corrected chi connectivity index (χ1v) is 20.2. The van der Waals surface area contributed by atoms with Gasteiger partial charge in [-0.3, -0.25) is 39.2 Å². The van der Waals surface area contributed by atoms with Gasteiger partial charge in [0, 0.05) is 74.0 Å². The summed E-state index contributed by atoms with van der Waals surface area (Å²) in [6, 6.07) is 16.7. The number of benzene rings is 3. The molecule has 0 spiro atoms. The third kappa shape index (κ3) is 8.31. The number of carbonyl (C=O) groups excluding carboxylic acids is 4. The summed E-state index contributed by atoms with van der Waals surface area (Å²) in [4.78, 5) is 58.8. The van der Waals surface area contributed by atoms with Gasteiger partial charge in [-0.2, -0.15) is 0 Å². The first-order chi connectivity index (χ1) is 28.5. The number of likely N-dealkylation sites (tertiary alicyclic amines) is 1. The van der Waals surface area contributed by atoms with Crippen LogP contribution in [0.25, 0.3) is 22.0 Å². The molecule has 13 nitrogen and oxygen atoms in total. The second-order valence-electron chi connectivity index (χ2n) is 16.0. The van der Waals surface area contributed by atoms with Gasteiger partial charge < -0.3 is 23.7 Å². The van der Waals surface area contributed by atoms with Crippen molar-refractivity contribution in [2.45, 2.75) is 57.5 Å². The summed E-state index contributed by atoms with van der Waals surface area (Å²) in [6.45, 7) is 8.67. The molecule has 0 bridgehead atoms. The first-order valence-electron chi connectivity index (χ1n) is 20.2. The number of rotatable bonds is 10. The summed E-state index contributed by atoms with van der Waals surface area (Å²) in [5.74, 6) is -1.70. The number of anilines is 1. The molecule has 4 fully saturated rings. The van der Waals surface area contributed by atoms with Crippen molar-refractivity contribution in [2.75, 3.05) is 63.9 Å². The number of ether oxygens (including phenoxy) is 3. The maximum absolute atomic E-state index is 13.4. The predicted molar refractivity (Wildman–Crippen MR) is 210 cm³/mol. The molecule has 16 heteroatoms. The molecule has 0 radical (unpaired) electrons. The number of amides is 4. The molecule has 1 unspecified atom stereocenters. The van der Waals surface area contributed by atoms with Crippen LogP contribution in [-0.4, -0.2) is 121 Å². The number of hydrogen-bond acceptors (Lipinski definition) is 10. The minimum Gasteiger partial charge on any atom is -0.406 e. The zero-order valence-corrected chi connectivity index (χ0v) is 32.4. The fraction of sp³-hybridized carbons (Fsp3) is 0.442. The van der Waals surface area contributed by atoms with Gasteiger partial charge in [0.15, 0.2) is 6.29 Å². The number of hydrogen-bond donors (Lipinski definition) is 1. The second-order valence-corrected chi connectivity index (χ2v) is 16.0. The molecule has 310 valence electrons. The second kappa shape index (κ2) is 16.0. The van der Waals surface area contributed by atoms with E-state index < -0.39 is 36.0 Å². The van der Waals surface area contributed by atoms with Crippen molar-refractivity contribution in [1.82, 2.24) is 24.6 Å². The van der Waals surface area contributed by atoms with Gasteiger partial charge in [-0.25, -0.2) is 0 Å². The van der Waals surface area contributed by atoms with E-state index in [0.717, 1.165) is 103 Å². The van der Waals surface area contributed by atoms with Crippen LogP contribution in [0.1, 0.15) is 52.0 Å². The Morgan fingerprint density at radius 2 is 1.47 bits per heavy atom. The average molecular weight is 815 g/mol. The van der Waals surface area contributed by atoms with E-state index >= 15 is 0 Å². The van der Waals surface area contributed by atoms with Crippen LogP contribution in [0.2, 0.25) is 0 Å². The van der Waals surface area contributed by atoms with Crippen molar-refractivity contribution in [1.29, 1.82) is 0 Å². The first kappa shape index (κ1) is 39.2. The van der Waals surface area contributed by atoms with Crippen molar-refractivity contribution >= 4 is 40.2 Å². The van der Waals surface area contributed by atoms with E-state index in [1.54, 1.807) is 24.3 Å². The van der Waals surface area contributed by atoms with Gasteiger partial charge in [-0.15, -0.1) is 13.2 Å². The van der Waals surface area contributed by atoms with E-state index in [1.165, 1.54) is 12.1 Å². The van der Waals surface area contributed by atoms with Crippen molar-refractivity contribution in [3.63, 3.8) is 0 Å². The summed E-state index contributed by atoms with van der Waals surface area (Å²) < 4.78 is 56.1. The van der Waals surface area contributed by atoms with Gasteiger partial charge in [0.2, 0.25) is 11.8 Å². The predicted octanol–water partition coefficient (Wildman–Crippen LogP) is 5.02. The molecular weight excluding hydrogens is 770 g/mol. The van der Waals surface area contributed by atoms with E-state index in [-0.39, 0.29) is 30.4 Å². The van der Waals surface area contributed by atoms with Crippen LogP contribution in [0.5, 0.6) is 5.75 Å². The van der Waals surface area contributed by atoms with Crippen LogP contribution >= 0.6 is 0 Å². The molecular formula is C43H45F3N6O7. The fourth-order valence-electron chi connectivity index (χ4n) is 9.13. The molecule has 9 rings (SSSR count). The highest BCUT2D eigenvalue weighted by molar-refractivity contribution is 6.23. The monoisotopic (exact) mass is 814 g/mol. The normalized spacial score (nSPS) is 21.5. The number of carbonyl (C=O) groups is 4. The quantitative estimate of drug-likeness (QED) is 0.219. The lowest BCUT2D eigenvalue weighted by Gasteiger charge is -2.39. The number of aromatic nitrogens is 1. The topological polar surface area (TPSA) is 126 Å². The molecule has 0 saturated carbocycles. The van der Waals surface area contributed by atoms with Crippen molar-refractivity contribution in [3.8, 4) is 16.9 Å². The van der Waals surface area contributed by atoms with Gasteiger partial charge in [0.05, 0.1) is 30.9 Å². The molecule has 4 aromatic rings. The van der Waals surface area contributed by atoms with E-state index in [4.69, 9.17) is 9.47 Å². The summed E-state index contributed by atoms with van der Waals surface area (Å²) >= 11 is 0. The maximum Gasteiger partial charge on any atom is 0.573 e. The summed E-state index contributed by atoms with van der Waals surface area (Å²) in [5.41, 5.74) is 5.30. The Hall–Kier alpha value is -5.29. The summed E-state index contributed by atoms with van der Waals surface area (Å²) in [5, 5.41) is 3.25. The molecule has 1 atom stereocenters. The lowest BCUT2D eigenvalue weighted by Crippen LogP contribution is -2.54. The molecule has 6 heterocycles. The SMILES string of the molecule is O=C1CCC(N2C(=O)c3ccc(N4CCN(CC5CCN(Cc6ccc7c(c6)c(-c6ccc(OC(F)(F)F)cc6)cn7CC6OCCO6)CC5)CC4)cc3C2=O)C(=O)N1. The minimum atomic E-state index is -4.76. The highest BCUT2D eigenvalue weighted by Gasteiger charge is 2.45. The van der Waals surface area contributed by atoms with Gasteiger partial charge >= 0.3 is 6.36 Å². The average Bonchev–Trinajstić information content (AvgIpc) is 3.93. The third-order valence-electron chi connectivity index (χ3n) is 12.2. The molecule has 5 aliphatic heterocycles.